The van der Waals surface area contributed by atoms with Crippen molar-refractivity contribution in [2.75, 3.05) is 35.9 Å². The van der Waals surface area contributed by atoms with Gasteiger partial charge in [-0.2, -0.15) is 17.5 Å². The third kappa shape index (κ3) is 4.83. The van der Waals surface area contributed by atoms with Gasteiger partial charge in [0.05, 0.1) is 22.7 Å². The van der Waals surface area contributed by atoms with E-state index >= 15 is 0 Å². The Morgan fingerprint density at radius 2 is 1.97 bits per heavy atom. The van der Waals surface area contributed by atoms with Gasteiger partial charge in [-0.3, -0.25) is 4.72 Å². The van der Waals surface area contributed by atoms with Crippen LogP contribution in [0.1, 0.15) is 17.5 Å². The van der Waals surface area contributed by atoms with E-state index in [0.29, 0.717) is 48.7 Å². The summed E-state index contributed by atoms with van der Waals surface area (Å²) >= 11 is 0.908. The van der Waals surface area contributed by atoms with Crippen molar-refractivity contribution in [3.05, 3.63) is 59.9 Å². The Hall–Kier alpha value is -3.16. The molecule has 0 saturated heterocycles. The average Bonchev–Trinajstić information content (AvgIpc) is 3.35. The molecule has 1 aromatic heterocycles. The van der Waals surface area contributed by atoms with E-state index in [0.717, 1.165) is 23.2 Å². The monoisotopic (exact) mass is 523 g/mol. The quantitative estimate of drug-likeness (QED) is 0.516. The van der Waals surface area contributed by atoms with Crippen LogP contribution in [0.25, 0.3) is 5.57 Å². The van der Waals surface area contributed by atoms with Crippen molar-refractivity contribution >= 4 is 43.6 Å². The molecular formula is C22H20F3N5O3S2. The van der Waals surface area contributed by atoms with Gasteiger partial charge in [0.1, 0.15) is 18.7 Å². The fourth-order valence-electron chi connectivity index (χ4n) is 4.08. The summed E-state index contributed by atoms with van der Waals surface area (Å²) in [6.07, 6.45) is -0.721. The summed E-state index contributed by atoms with van der Waals surface area (Å²) < 4.78 is 77.9. The van der Waals surface area contributed by atoms with Crippen molar-refractivity contribution in [2.24, 2.45) is 0 Å². The molecule has 2 aromatic carbocycles. The third-order valence-electron chi connectivity index (χ3n) is 5.71. The molecule has 0 radical (unpaired) electrons. The van der Waals surface area contributed by atoms with Gasteiger partial charge in [0, 0.05) is 35.4 Å². The molecule has 0 saturated carbocycles. The van der Waals surface area contributed by atoms with Gasteiger partial charge in [0.25, 0.3) is 10.0 Å². The van der Waals surface area contributed by atoms with Crippen LogP contribution in [0.3, 0.4) is 0 Å². The first-order valence-electron chi connectivity index (χ1n) is 10.7. The van der Waals surface area contributed by atoms with Crippen LogP contribution in [0, 0.1) is 0 Å². The number of halogens is 3. The van der Waals surface area contributed by atoms with Gasteiger partial charge in [-0.15, -0.1) is 0 Å². The lowest BCUT2D eigenvalue weighted by molar-refractivity contribution is -0.137. The summed E-state index contributed by atoms with van der Waals surface area (Å²) in [4.78, 5) is 5.67. The first kappa shape index (κ1) is 23.6. The lowest BCUT2D eigenvalue weighted by Crippen LogP contribution is -2.30. The molecule has 0 amide bonds. The van der Waals surface area contributed by atoms with E-state index < -0.39 is 21.8 Å². The number of nitrogens with one attached hydrogen (secondary N) is 2. The molecule has 35 heavy (non-hydrogen) atoms. The summed E-state index contributed by atoms with van der Waals surface area (Å²) in [5.41, 5.74) is 1.80. The van der Waals surface area contributed by atoms with Crippen molar-refractivity contribution in [3.8, 4) is 5.75 Å². The van der Waals surface area contributed by atoms with Crippen molar-refractivity contribution in [2.45, 2.75) is 17.5 Å². The lowest BCUT2D eigenvalue weighted by atomic mass is 9.95. The zero-order valence-electron chi connectivity index (χ0n) is 18.2. The number of alkyl halides is 3. The minimum Gasteiger partial charge on any atom is -0.489 e. The van der Waals surface area contributed by atoms with Crippen molar-refractivity contribution in [3.63, 3.8) is 0 Å². The normalized spacial score (nSPS) is 16.3. The number of fused-ring (bicyclic) bond motifs is 1. The van der Waals surface area contributed by atoms with E-state index in [9.17, 15) is 21.6 Å². The molecule has 0 fully saturated rings. The minimum absolute atomic E-state index is 0.0259. The molecule has 13 heteroatoms. The molecule has 0 spiro atoms. The molecule has 0 unspecified atom stereocenters. The fraction of sp³-hybridized carbons (Fsp3) is 0.273. The molecule has 0 bridgehead atoms. The maximum absolute atomic E-state index is 13.5. The van der Waals surface area contributed by atoms with Crippen LogP contribution in [-0.2, 0) is 16.2 Å². The Bertz CT molecular complexity index is 1380. The summed E-state index contributed by atoms with van der Waals surface area (Å²) in [5, 5.41) is 3.31. The summed E-state index contributed by atoms with van der Waals surface area (Å²) in [6.45, 7) is 1.88. The molecule has 3 heterocycles. The Balaban J connectivity index is 1.54. The number of hydrogen-bond donors (Lipinski definition) is 2. The van der Waals surface area contributed by atoms with Crippen LogP contribution < -0.4 is 19.7 Å². The Morgan fingerprint density at radius 3 is 2.69 bits per heavy atom. The number of aromatic nitrogens is 2. The van der Waals surface area contributed by atoms with E-state index in [1.54, 1.807) is 6.07 Å². The predicted octanol–water partition coefficient (Wildman–Crippen LogP) is 4.26. The minimum atomic E-state index is -4.47. The van der Waals surface area contributed by atoms with Crippen molar-refractivity contribution in [1.29, 1.82) is 0 Å². The molecule has 2 aliphatic rings. The zero-order chi connectivity index (χ0) is 24.6. The third-order valence-corrected chi connectivity index (χ3v) is 7.76. The maximum Gasteiger partial charge on any atom is 0.416 e. The Kier molecular flexibility index (Phi) is 6.15. The van der Waals surface area contributed by atoms with Gasteiger partial charge in [-0.1, -0.05) is 6.08 Å². The number of nitrogens with zero attached hydrogens (tertiary/aromatic N) is 3. The van der Waals surface area contributed by atoms with Crippen LogP contribution in [0.4, 0.5) is 29.7 Å². The average molecular weight is 524 g/mol. The molecule has 2 aliphatic heterocycles. The number of hydrogen-bond acceptors (Lipinski definition) is 8. The van der Waals surface area contributed by atoms with Crippen LogP contribution in [0.5, 0.6) is 5.75 Å². The predicted molar refractivity (Wildman–Crippen MR) is 127 cm³/mol. The number of benzene rings is 2. The second-order valence-corrected chi connectivity index (χ2v) is 10.4. The van der Waals surface area contributed by atoms with Crippen molar-refractivity contribution < 1.29 is 26.3 Å². The highest BCUT2D eigenvalue weighted by Crippen LogP contribution is 2.43. The highest BCUT2D eigenvalue weighted by molar-refractivity contribution is 7.93. The first-order valence-corrected chi connectivity index (χ1v) is 12.9. The lowest BCUT2D eigenvalue weighted by Gasteiger charge is -2.34. The molecule has 0 aliphatic carbocycles. The SMILES string of the molecule is O=S(=O)(Nc1ncns1)c1ccc2c(c1)OCCN2c1ccc(C(F)(F)F)cc1C1=CCNCC1. The number of anilines is 3. The standard InChI is InChI=1S/C22H20F3N5O3S2/c23-22(24,25)15-1-3-18(17(11-15)14-5-7-26-8-6-14)30-9-10-33-20-12-16(2-4-19(20)30)35(31,32)29-21-27-13-28-34-21/h1-5,11-13,26H,6-10H2,(H,27,28,29). The van der Waals surface area contributed by atoms with Gasteiger partial charge in [-0.25, -0.2) is 13.4 Å². The number of sulfonamides is 1. The number of ether oxygens (including phenoxy) is 1. The Labute approximate surface area is 203 Å². The van der Waals surface area contributed by atoms with E-state index in [1.165, 1.54) is 30.6 Å². The maximum atomic E-state index is 13.5. The highest BCUT2D eigenvalue weighted by Gasteiger charge is 2.33. The van der Waals surface area contributed by atoms with E-state index in [1.807, 2.05) is 11.0 Å². The zero-order valence-corrected chi connectivity index (χ0v) is 19.8. The van der Waals surface area contributed by atoms with Crippen LogP contribution >= 0.6 is 11.5 Å². The van der Waals surface area contributed by atoms with Gasteiger partial charge in [0.15, 0.2) is 0 Å². The molecule has 2 N–H and O–H groups in total. The smallest absolute Gasteiger partial charge is 0.416 e. The second kappa shape index (κ2) is 9.13. The van der Waals surface area contributed by atoms with Gasteiger partial charge < -0.3 is 15.0 Å². The topological polar surface area (TPSA) is 96.5 Å². The molecule has 8 nitrogen and oxygen atoms in total. The molecule has 0 atom stereocenters. The second-order valence-electron chi connectivity index (χ2n) is 7.89. The fourth-order valence-corrected chi connectivity index (χ4v) is 5.76. The van der Waals surface area contributed by atoms with Crippen LogP contribution in [-0.4, -0.2) is 44.0 Å². The number of rotatable bonds is 5. The van der Waals surface area contributed by atoms with E-state index in [2.05, 4.69) is 19.4 Å². The molecule has 184 valence electrons. The summed E-state index contributed by atoms with van der Waals surface area (Å²) in [6, 6.07) is 8.15. The van der Waals surface area contributed by atoms with Gasteiger partial charge >= 0.3 is 6.18 Å². The summed E-state index contributed by atoms with van der Waals surface area (Å²) in [7, 11) is -3.93. The highest BCUT2D eigenvalue weighted by atomic mass is 32.2. The summed E-state index contributed by atoms with van der Waals surface area (Å²) in [5.74, 6) is 0.321. The first-order chi connectivity index (χ1) is 16.7. The van der Waals surface area contributed by atoms with Gasteiger partial charge in [0.2, 0.25) is 5.13 Å². The molecule has 3 aromatic rings. The Morgan fingerprint density at radius 1 is 1.14 bits per heavy atom. The van der Waals surface area contributed by atoms with Crippen LogP contribution in [0.2, 0.25) is 0 Å². The van der Waals surface area contributed by atoms with Crippen molar-refractivity contribution in [1.82, 2.24) is 14.7 Å². The molecule has 5 rings (SSSR count). The molecular weight excluding hydrogens is 503 g/mol. The van der Waals surface area contributed by atoms with Crippen LogP contribution in [0.15, 0.2) is 53.7 Å². The van der Waals surface area contributed by atoms with Gasteiger partial charge in [-0.05, 0) is 48.9 Å². The van der Waals surface area contributed by atoms with E-state index in [-0.39, 0.29) is 16.6 Å². The largest absolute Gasteiger partial charge is 0.489 e. The van der Waals surface area contributed by atoms with E-state index in [4.69, 9.17) is 4.74 Å².